The lowest BCUT2D eigenvalue weighted by molar-refractivity contribution is 0.530. The molecule has 0 saturated heterocycles. The Bertz CT molecular complexity index is 525. The van der Waals surface area contributed by atoms with Gasteiger partial charge >= 0.3 is 0 Å². The number of likely N-dealkylation sites (N-methyl/N-ethyl adjacent to an activating group) is 1. The normalized spacial score (nSPS) is 12.4. The van der Waals surface area contributed by atoms with E-state index in [4.69, 9.17) is 0 Å². The average Bonchev–Trinajstić information content (AvgIpc) is 2.39. The van der Waals surface area contributed by atoms with E-state index in [0.29, 0.717) is 5.56 Å². The van der Waals surface area contributed by atoms with Crippen LogP contribution in [0.2, 0.25) is 0 Å². The number of rotatable bonds is 4. The van der Waals surface area contributed by atoms with Gasteiger partial charge in [-0.1, -0.05) is 24.3 Å². The van der Waals surface area contributed by atoms with Crippen molar-refractivity contribution in [3.05, 3.63) is 65.2 Å². The van der Waals surface area contributed by atoms with E-state index >= 15 is 0 Å². The maximum Gasteiger partial charge on any atom is 0.146 e. The van der Waals surface area contributed by atoms with Gasteiger partial charge in [0.2, 0.25) is 0 Å². The molecule has 0 aliphatic rings. The second-order valence-electron chi connectivity index (χ2n) is 4.37. The van der Waals surface area contributed by atoms with Crippen LogP contribution in [0.3, 0.4) is 0 Å². The summed E-state index contributed by atoms with van der Waals surface area (Å²) in [4.78, 5) is 3.78. The van der Waals surface area contributed by atoms with Gasteiger partial charge in [-0.2, -0.15) is 0 Å². The minimum atomic E-state index is -0.259. The van der Waals surface area contributed by atoms with Gasteiger partial charge in [0.25, 0.3) is 0 Å². The Hall–Kier alpha value is -1.74. The molecule has 2 aromatic rings. The van der Waals surface area contributed by atoms with Crippen LogP contribution in [0.15, 0.2) is 42.7 Å². The Labute approximate surface area is 107 Å². The van der Waals surface area contributed by atoms with Crippen molar-refractivity contribution in [3.8, 4) is 0 Å². The zero-order chi connectivity index (χ0) is 13.0. The van der Waals surface area contributed by atoms with Crippen molar-refractivity contribution in [2.75, 3.05) is 7.05 Å². The van der Waals surface area contributed by atoms with Gasteiger partial charge in [0, 0.05) is 17.8 Å². The van der Waals surface area contributed by atoms with Crippen LogP contribution in [-0.2, 0) is 6.42 Å². The number of hydrogen-bond donors (Lipinski definition) is 1. The van der Waals surface area contributed by atoms with Gasteiger partial charge < -0.3 is 5.32 Å². The summed E-state index contributed by atoms with van der Waals surface area (Å²) in [7, 11) is 1.85. The molecular formula is C15H17FN2. The minimum Gasteiger partial charge on any atom is -0.313 e. The van der Waals surface area contributed by atoms with Crippen LogP contribution in [0.25, 0.3) is 0 Å². The fourth-order valence-electron chi connectivity index (χ4n) is 2.10. The van der Waals surface area contributed by atoms with E-state index in [-0.39, 0.29) is 11.9 Å². The van der Waals surface area contributed by atoms with E-state index in [9.17, 15) is 4.39 Å². The van der Waals surface area contributed by atoms with Gasteiger partial charge in [0.1, 0.15) is 5.82 Å². The molecule has 0 aliphatic heterocycles. The first-order chi connectivity index (χ1) is 8.72. The summed E-state index contributed by atoms with van der Waals surface area (Å²) < 4.78 is 13.7. The summed E-state index contributed by atoms with van der Waals surface area (Å²) in [5.41, 5.74) is 3.12. The topological polar surface area (TPSA) is 24.9 Å². The molecule has 0 saturated carbocycles. The summed E-state index contributed by atoms with van der Waals surface area (Å²) in [6.45, 7) is 2.07. The third kappa shape index (κ3) is 2.74. The zero-order valence-electron chi connectivity index (χ0n) is 10.7. The van der Waals surface area contributed by atoms with Crippen molar-refractivity contribution in [2.24, 2.45) is 0 Å². The molecule has 2 nitrogen and oxygen atoms in total. The third-order valence-corrected chi connectivity index (χ3v) is 3.21. The van der Waals surface area contributed by atoms with Gasteiger partial charge in [-0.3, -0.25) is 4.98 Å². The van der Waals surface area contributed by atoms with Gasteiger partial charge in [0.05, 0.1) is 6.20 Å². The summed E-state index contributed by atoms with van der Waals surface area (Å²) in [5.74, 6) is -0.259. The molecule has 0 radical (unpaired) electrons. The van der Waals surface area contributed by atoms with Crippen molar-refractivity contribution < 1.29 is 4.39 Å². The van der Waals surface area contributed by atoms with Crippen molar-refractivity contribution in [1.29, 1.82) is 0 Å². The molecule has 1 heterocycles. The van der Waals surface area contributed by atoms with E-state index in [1.807, 2.05) is 19.2 Å². The quantitative estimate of drug-likeness (QED) is 0.894. The molecule has 3 heteroatoms. The van der Waals surface area contributed by atoms with Crippen molar-refractivity contribution in [1.82, 2.24) is 10.3 Å². The molecule has 2 rings (SSSR count). The van der Waals surface area contributed by atoms with Gasteiger partial charge in [0.15, 0.2) is 0 Å². The highest BCUT2D eigenvalue weighted by Crippen LogP contribution is 2.21. The molecule has 1 aromatic heterocycles. The predicted octanol–water partition coefficient (Wildman–Crippen LogP) is 3.03. The monoisotopic (exact) mass is 244 g/mol. The van der Waals surface area contributed by atoms with Crippen LogP contribution < -0.4 is 5.32 Å². The predicted molar refractivity (Wildman–Crippen MR) is 70.9 cm³/mol. The summed E-state index contributed by atoms with van der Waals surface area (Å²) >= 11 is 0. The third-order valence-electron chi connectivity index (χ3n) is 3.21. The Morgan fingerprint density at radius 3 is 2.72 bits per heavy atom. The van der Waals surface area contributed by atoms with E-state index in [2.05, 4.69) is 29.4 Å². The second kappa shape index (κ2) is 5.74. The smallest absolute Gasteiger partial charge is 0.146 e. The molecule has 0 bridgehead atoms. The summed E-state index contributed by atoms with van der Waals surface area (Å²) in [6, 6.07) is 9.88. The summed E-state index contributed by atoms with van der Waals surface area (Å²) in [6.07, 6.45) is 3.65. The Kier molecular flexibility index (Phi) is 4.05. The van der Waals surface area contributed by atoms with Crippen molar-refractivity contribution in [3.63, 3.8) is 0 Å². The first-order valence-corrected chi connectivity index (χ1v) is 6.03. The van der Waals surface area contributed by atoms with Crippen molar-refractivity contribution in [2.45, 2.75) is 19.4 Å². The SMILES string of the molecule is CNC(Cc1ccccc1C)c1ccncc1F. The number of nitrogens with one attached hydrogen (secondary N) is 1. The fraction of sp³-hybridized carbons (Fsp3) is 0.267. The van der Waals surface area contributed by atoms with E-state index in [0.717, 1.165) is 6.42 Å². The molecule has 0 fully saturated rings. The minimum absolute atomic E-state index is 0.0332. The summed E-state index contributed by atoms with van der Waals surface area (Å²) in [5, 5.41) is 3.17. The van der Waals surface area contributed by atoms with Crippen molar-refractivity contribution >= 4 is 0 Å². The molecule has 0 spiro atoms. The first-order valence-electron chi connectivity index (χ1n) is 6.03. The molecule has 0 amide bonds. The van der Waals surface area contributed by atoms with Gasteiger partial charge in [-0.15, -0.1) is 0 Å². The first kappa shape index (κ1) is 12.7. The molecule has 0 aliphatic carbocycles. The lowest BCUT2D eigenvalue weighted by Gasteiger charge is -2.18. The average molecular weight is 244 g/mol. The van der Waals surface area contributed by atoms with Gasteiger partial charge in [-0.25, -0.2) is 4.39 Å². The number of nitrogens with zero attached hydrogens (tertiary/aromatic N) is 1. The largest absolute Gasteiger partial charge is 0.313 e. The number of pyridine rings is 1. The molecule has 1 N–H and O–H groups in total. The Morgan fingerprint density at radius 1 is 1.28 bits per heavy atom. The number of aryl methyl sites for hydroxylation is 1. The highest BCUT2D eigenvalue weighted by atomic mass is 19.1. The molecular weight excluding hydrogens is 227 g/mol. The molecule has 94 valence electrons. The maximum absolute atomic E-state index is 13.7. The molecule has 1 unspecified atom stereocenters. The number of aromatic nitrogens is 1. The lowest BCUT2D eigenvalue weighted by Crippen LogP contribution is -2.20. The molecule has 18 heavy (non-hydrogen) atoms. The second-order valence-corrected chi connectivity index (χ2v) is 4.37. The maximum atomic E-state index is 13.7. The standard InChI is InChI=1S/C15H17FN2/c1-11-5-3-4-6-12(11)9-15(17-2)13-7-8-18-10-14(13)16/h3-8,10,15,17H,9H2,1-2H3. The van der Waals surface area contributed by atoms with Crippen LogP contribution >= 0.6 is 0 Å². The lowest BCUT2D eigenvalue weighted by atomic mass is 9.96. The van der Waals surface area contributed by atoms with Crippen LogP contribution in [-0.4, -0.2) is 12.0 Å². The van der Waals surface area contributed by atoms with E-state index < -0.39 is 0 Å². The van der Waals surface area contributed by atoms with Crippen LogP contribution in [0.4, 0.5) is 4.39 Å². The van der Waals surface area contributed by atoms with E-state index in [1.54, 1.807) is 12.3 Å². The number of benzene rings is 1. The number of halogens is 1. The zero-order valence-corrected chi connectivity index (χ0v) is 10.7. The van der Waals surface area contributed by atoms with Gasteiger partial charge in [-0.05, 0) is 37.6 Å². The van der Waals surface area contributed by atoms with E-state index in [1.165, 1.54) is 17.3 Å². The van der Waals surface area contributed by atoms with Crippen LogP contribution in [0.5, 0.6) is 0 Å². The Morgan fingerprint density at radius 2 is 2.06 bits per heavy atom. The fourth-order valence-corrected chi connectivity index (χ4v) is 2.10. The highest BCUT2D eigenvalue weighted by Gasteiger charge is 2.15. The van der Waals surface area contributed by atoms with Crippen LogP contribution in [0.1, 0.15) is 22.7 Å². The Balaban J connectivity index is 2.26. The molecule has 1 atom stereocenters. The molecule has 1 aromatic carbocycles. The highest BCUT2D eigenvalue weighted by molar-refractivity contribution is 5.29. The number of hydrogen-bond acceptors (Lipinski definition) is 2. The van der Waals surface area contributed by atoms with Crippen LogP contribution in [0, 0.1) is 12.7 Å².